The molecule has 1 N–H and O–H groups in total. The van der Waals surface area contributed by atoms with E-state index in [1.165, 1.54) is 5.56 Å². The average Bonchev–Trinajstić information content (AvgIpc) is 2.97. The first-order valence-corrected chi connectivity index (χ1v) is 9.53. The van der Waals surface area contributed by atoms with Crippen molar-refractivity contribution in [2.24, 2.45) is 0 Å². The highest BCUT2D eigenvalue weighted by Gasteiger charge is 2.15. The molecule has 1 aliphatic heterocycles. The molecule has 0 atom stereocenters. The van der Waals surface area contributed by atoms with Crippen LogP contribution in [0.4, 0.5) is 0 Å². The van der Waals surface area contributed by atoms with Gasteiger partial charge >= 0.3 is 0 Å². The number of nitrogens with one attached hydrogen (secondary N) is 1. The molecule has 1 amide bonds. The van der Waals surface area contributed by atoms with E-state index in [0.717, 1.165) is 54.0 Å². The van der Waals surface area contributed by atoms with E-state index >= 15 is 0 Å². The third-order valence-corrected chi connectivity index (χ3v) is 5.28. The second kappa shape index (κ2) is 8.56. The molecule has 2 aromatic rings. The van der Waals surface area contributed by atoms with Crippen LogP contribution < -0.4 is 5.32 Å². The number of ether oxygens (including phenoxy) is 1. The minimum atomic E-state index is 0.0604. The fourth-order valence-corrected chi connectivity index (χ4v) is 3.87. The Balaban J connectivity index is 1.56. The van der Waals surface area contributed by atoms with Crippen LogP contribution in [0, 0.1) is 13.8 Å². The first-order valence-electron chi connectivity index (χ1n) is 8.72. The zero-order valence-corrected chi connectivity index (χ0v) is 15.7. The first-order chi connectivity index (χ1) is 12.1. The van der Waals surface area contributed by atoms with E-state index in [1.807, 2.05) is 6.92 Å². The maximum atomic E-state index is 12.3. The van der Waals surface area contributed by atoms with Crippen LogP contribution in [0.3, 0.4) is 0 Å². The lowest BCUT2D eigenvalue weighted by molar-refractivity contribution is -0.120. The SMILES string of the molecule is Cc1ccc(-c2nc(C)sc2CC(=O)NCCN2CCOCC2)cc1. The fraction of sp³-hybridized carbons (Fsp3) is 0.474. The minimum absolute atomic E-state index is 0.0604. The van der Waals surface area contributed by atoms with Gasteiger partial charge in [-0.15, -0.1) is 11.3 Å². The predicted molar refractivity (Wildman–Crippen MR) is 101 cm³/mol. The summed E-state index contributed by atoms with van der Waals surface area (Å²) in [6, 6.07) is 8.31. The molecule has 0 unspecified atom stereocenters. The third kappa shape index (κ3) is 5.11. The van der Waals surface area contributed by atoms with E-state index in [-0.39, 0.29) is 5.91 Å². The maximum absolute atomic E-state index is 12.3. The monoisotopic (exact) mass is 359 g/mol. The Morgan fingerprint density at radius 1 is 1.24 bits per heavy atom. The number of carbonyl (C=O) groups excluding carboxylic acids is 1. The molecule has 1 aromatic carbocycles. The van der Waals surface area contributed by atoms with Crippen LogP contribution in [0.15, 0.2) is 24.3 Å². The van der Waals surface area contributed by atoms with Crippen LogP contribution in [0.2, 0.25) is 0 Å². The Labute approximate surface area is 153 Å². The summed E-state index contributed by atoms with van der Waals surface area (Å²) in [4.78, 5) is 20.3. The molecule has 1 saturated heterocycles. The van der Waals surface area contributed by atoms with Gasteiger partial charge in [-0.3, -0.25) is 9.69 Å². The number of amides is 1. The normalized spacial score (nSPS) is 15.3. The smallest absolute Gasteiger partial charge is 0.225 e. The molecule has 1 aromatic heterocycles. The number of hydrogen-bond acceptors (Lipinski definition) is 5. The average molecular weight is 359 g/mol. The molecule has 25 heavy (non-hydrogen) atoms. The number of morpholine rings is 1. The molecule has 1 fully saturated rings. The van der Waals surface area contributed by atoms with Gasteiger partial charge in [-0.2, -0.15) is 0 Å². The van der Waals surface area contributed by atoms with Gasteiger partial charge in [0.2, 0.25) is 5.91 Å². The van der Waals surface area contributed by atoms with Gasteiger partial charge in [-0.05, 0) is 13.8 Å². The lowest BCUT2D eigenvalue weighted by Crippen LogP contribution is -2.41. The van der Waals surface area contributed by atoms with Crippen molar-refractivity contribution < 1.29 is 9.53 Å². The number of thiazole rings is 1. The topological polar surface area (TPSA) is 54.5 Å². The second-order valence-corrected chi connectivity index (χ2v) is 7.64. The van der Waals surface area contributed by atoms with Crippen molar-refractivity contribution in [1.82, 2.24) is 15.2 Å². The van der Waals surface area contributed by atoms with Crippen LogP contribution in [-0.4, -0.2) is 55.2 Å². The largest absolute Gasteiger partial charge is 0.379 e. The van der Waals surface area contributed by atoms with E-state index in [1.54, 1.807) is 11.3 Å². The molecule has 3 rings (SSSR count). The quantitative estimate of drug-likeness (QED) is 0.861. The summed E-state index contributed by atoms with van der Waals surface area (Å²) in [5, 5.41) is 4.03. The first kappa shape index (κ1) is 18.0. The van der Waals surface area contributed by atoms with E-state index < -0.39 is 0 Å². The predicted octanol–water partition coefficient (Wildman–Crippen LogP) is 2.42. The van der Waals surface area contributed by atoms with Gasteiger partial charge in [0.25, 0.3) is 0 Å². The molecular formula is C19H25N3O2S. The Morgan fingerprint density at radius 3 is 2.68 bits per heavy atom. The molecule has 2 heterocycles. The number of aromatic nitrogens is 1. The highest BCUT2D eigenvalue weighted by molar-refractivity contribution is 7.12. The van der Waals surface area contributed by atoms with Gasteiger partial charge < -0.3 is 10.1 Å². The zero-order valence-electron chi connectivity index (χ0n) is 14.9. The molecule has 0 saturated carbocycles. The van der Waals surface area contributed by atoms with Gasteiger partial charge in [0, 0.05) is 36.6 Å². The van der Waals surface area contributed by atoms with E-state index in [2.05, 4.69) is 46.4 Å². The summed E-state index contributed by atoms with van der Waals surface area (Å²) in [5.74, 6) is 0.0604. The summed E-state index contributed by atoms with van der Waals surface area (Å²) in [7, 11) is 0. The van der Waals surface area contributed by atoms with Crippen molar-refractivity contribution in [3.63, 3.8) is 0 Å². The Hall–Kier alpha value is -1.76. The Kier molecular flexibility index (Phi) is 6.18. The number of hydrogen-bond donors (Lipinski definition) is 1. The summed E-state index contributed by atoms with van der Waals surface area (Å²) in [6.07, 6.45) is 0.387. The molecule has 5 nitrogen and oxygen atoms in total. The van der Waals surface area contributed by atoms with Gasteiger partial charge in [0.1, 0.15) is 0 Å². The Bertz CT molecular complexity index is 706. The van der Waals surface area contributed by atoms with Crippen LogP contribution in [0.1, 0.15) is 15.4 Å². The molecule has 0 spiro atoms. The number of nitrogens with zero attached hydrogens (tertiary/aromatic N) is 2. The van der Waals surface area contributed by atoms with Crippen molar-refractivity contribution >= 4 is 17.2 Å². The molecule has 0 radical (unpaired) electrons. The molecule has 1 aliphatic rings. The minimum Gasteiger partial charge on any atom is -0.379 e. The number of carbonyl (C=O) groups is 1. The van der Waals surface area contributed by atoms with Crippen molar-refractivity contribution in [2.75, 3.05) is 39.4 Å². The van der Waals surface area contributed by atoms with Crippen molar-refractivity contribution in [3.8, 4) is 11.3 Å². The molecule has 134 valence electrons. The van der Waals surface area contributed by atoms with Crippen LogP contribution in [0.25, 0.3) is 11.3 Å². The standard InChI is InChI=1S/C19H25N3O2S/c1-14-3-5-16(6-4-14)19-17(25-15(2)21-19)13-18(23)20-7-8-22-9-11-24-12-10-22/h3-6H,7-13H2,1-2H3,(H,20,23). The van der Waals surface area contributed by atoms with Crippen molar-refractivity contribution in [1.29, 1.82) is 0 Å². The van der Waals surface area contributed by atoms with Gasteiger partial charge in [0.05, 0.1) is 30.3 Å². The zero-order chi connectivity index (χ0) is 17.6. The van der Waals surface area contributed by atoms with Crippen LogP contribution in [0.5, 0.6) is 0 Å². The number of benzene rings is 1. The molecule has 6 heteroatoms. The summed E-state index contributed by atoms with van der Waals surface area (Å²) < 4.78 is 5.34. The second-order valence-electron chi connectivity index (χ2n) is 6.35. The van der Waals surface area contributed by atoms with Gasteiger partial charge in [0.15, 0.2) is 0 Å². The van der Waals surface area contributed by atoms with E-state index in [4.69, 9.17) is 4.74 Å². The van der Waals surface area contributed by atoms with Gasteiger partial charge in [-0.1, -0.05) is 29.8 Å². The molecular weight excluding hydrogens is 334 g/mol. The van der Waals surface area contributed by atoms with E-state index in [9.17, 15) is 4.79 Å². The molecule has 0 aliphatic carbocycles. The third-order valence-electron chi connectivity index (χ3n) is 4.30. The number of aryl methyl sites for hydroxylation is 2. The summed E-state index contributed by atoms with van der Waals surface area (Å²) in [6.45, 7) is 9.07. The lowest BCUT2D eigenvalue weighted by Gasteiger charge is -2.26. The highest BCUT2D eigenvalue weighted by Crippen LogP contribution is 2.28. The van der Waals surface area contributed by atoms with Gasteiger partial charge in [-0.25, -0.2) is 4.98 Å². The van der Waals surface area contributed by atoms with Crippen LogP contribution in [-0.2, 0) is 16.0 Å². The maximum Gasteiger partial charge on any atom is 0.225 e. The number of rotatable bonds is 6. The lowest BCUT2D eigenvalue weighted by atomic mass is 10.1. The highest BCUT2D eigenvalue weighted by atomic mass is 32.1. The molecule has 0 bridgehead atoms. The Morgan fingerprint density at radius 2 is 1.96 bits per heavy atom. The summed E-state index contributed by atoms with van der Waals surface area (Å²) in [5.41, 5.74) is 3.23. The summed E-state index contributed by atoms with van der Waals surface area (Å²) >= 11 is 1.60. The fourth-order valence-electron chi connectivity index (χ4n) is 2.91. The van der Waals surface area contributed by atoms with E-state index in [0.29, 0.717) is 13.0 Å². The van der Waals surface area contributed by atoms with Crippen molar-refractivity contribution in [3.05, 3.63) is 39.7 Å². The van der Waals surface area contributed by atoms with Crippen molar-refractivity contribution in [2.45, 2.75) is 20.3 Å². The van der Waals surface area contributed by atoms with Crippen LogP contribution >= 0.6 is 11.3 Å².